The minimum Gasteiger partial charge on any atom is -0.103 e. The molecule has 0 heteroatoms. The molecule has 1 unspecified atom stereocenters. The largest absolute Gasteiger partial charge is 0.103 e. The maximum absolute atomic E-state index is 3.50. The van der Waals surface area contributed by atoms with Gasteiger partial charge in [-0.05, 0) is 24.7 Å². The van der Waals surface area contributed by atoms with Gasteiger partial charge in [0.05, 0.1) is 0 Å². The Labute approximate surface area is 192 Å². The molecule has 0 nitrogen and oxygen atoms in total. The van der Waals surface area contributed by atoms with E-state index < -0.39 is 0 Å². The van der Waals surface area contributed by atoms with Gasteiger partial charge in [-0.1, -0.05) is 143 Å². The highest BCUT2D eigenvalue weighted by Crippen LogP contribution is 2.22. The molecular formula is C30H58. The lowest BCUT2D eigenvalue weighted by atomic mass is 9.87. The van der Waals surface area contributed by atoms with E-state index in [4.69, 9.17) is 0 Å². The van der Waals surface area contributed by atoms with Crippen molar-refractivity contribution >= 4 is 0 Å². The lowest BCUT2D eigenvalue weighted by Crippen LogP contribution is -2.07. The second kappa shape index (κ2) is 24.8. The van der Waals surface area contributed by atoms with Gasteiger partial charge < -0.3 is 0 Å². The number of unbranched alkanes of at least 4 members (excludes halogenated alkanes) is 18. The molecule has 1 atom stereocenters. The van der Waals surface area contributed by atoms with Gasteiger partial charge in [-0.25, -0.2) is 0 Å². The molecule has 0 bridgehead atoms. The molecule has 0 spiro atoms. The predicted molar refractivity (Wildman–Crippen MR) is 139 cm³/mol. The van der Waals surface area contributed by atoms with Crippen LogP contribution in [-0.2, 0) is 0 Å². The van der Waals surface area contributed by atoms with Gasteiger partial charge in [0, 0.05) is 12.8 Å². The van der Waals surface area contributed by atoms with Gasteiger partial charge in [0.15, 0.2) is 0 Å². The Morgan fingerprint density at radius 1 is 0.467 bits per heavy atom. The Kier molecular flexibility index (Phi) is 24.5. The topological polar surface area (TPSA) is 0 Å². The maximum atomic E-state index is 3.50. The zero-order valence-electron chi connectivity index (χ0n) is 21.7. The fourth-order valence-electron chi connectivity index (χ4n) is 4.38. The molecule has 0 aromatic heterocycles. The summed E-state index contributed by atoms with van der Waals surface area (Å²) in [5.41, 5.74) is 0. The molecule has 178 valence electrons. The van der Waals surface area contributed by atoms with Crippen LogP contribution in [0.3, 0.4) is 0 Å². The van der Waals surface area contributed by atoms with E-state index in [2.05, 4.69) is 39.5 Å². The SMILES string of the molecule is CCCCCCC#CCC(CCCCCCCCCCCCCCCCC)C(C)C. The quantitative estimate of drug-likeness (QED) is 0.121. The molecule has 0 heterocycles. The van der Waals surface area contributed by atoms with E-state index >= 15 is 0 Å². The number of rotatable bonds is 22. The van der Waals surface area contributed by atoms with E-state index in [1.165, 1.54) is 128 Å². The first-order chi connectivity index (χ1) is 14.7. The zero-order valence-corrected chi connectivity index (χ0v) is 21.7. The summed E-state index contributed by atoms with van der Waals surface area (Å²) in [6.45, 7) is 9.35. The van der Waals surface area contributed by atoms with Gasteiger partial charge in [0.2, 0.25) is 0 Å². The van der Waals surface area contributed by atoms with Crippen molar-refractivity contribution in [1.29, 1.82) is 0 Å². The third-order valence-electron chi connectivity index (χ3n) is 6.77. The molecule has 0 fully saturated rings. The average Bonchev–Trinajstić information content (AvgIpc) is 2.74. The van der Waals surface area contributed by atoms with Crippen molar-refractivity contribution in [3.05, 3.63) is 0 Å². The van der Waals surface area contributed by atoms with E-state index in [1.807, 2.05) is 0 Å². The molecule has 0 aliphatic carbocycles. The molecule has 0 saturated heterocycles. The molecule has 0 saturated carbocycles. The van der Waals surface area contributed by atoms with E-state index in [1.54, 1.807) is 0 Å². The summed E-state index contributed by atoms with van der Waals surface area (Å²) in [5, 5.41) is 0. The van der Waals surface area contributed by atoms with Crippen LogP contribution in [0.15, 0.2) is 0 Å². The van der Waals surface area contributed by atoms with Crippen LogP contribution in [0.4, 0.5) is 0 Å². The second-order valence-electron chi connectivity index (χ2n) is 10.1. The third-order valence-corrected chi connectivity index (χ3v) is 6.77. The molecule has 0 radical (unpaired) electrons. The molecular weight excluding hydrogens is 360 g/mol. The Hall–Kier alpha value is -0.440. The molecule has 0 amide bonds. The number of hydrogen-bond donors (Lipinski definition) is 0. The first-order valence-electron chi connectivity index (χ1n) is 14.2. The number of hydrogen-bond acceptors (Lipinski definition) is 0. The Morgan fingerprint density at radius 2 is 0.867 bits per heavy atom. The summed E-state index contributed by atoms with van der Waals surface area (Å²) in [6, 6.07) is 0. The first kappa shape index (κ1) is 29.6. The van der Waals surface area contributed by atoms with Crippen molar-refractivity contribution in [2.24, 2.45) is 11.8 Å². The minimum absolute atomic E-state index is 0.783. The Morgan fingerprint density at radius 3 is 1.30 bits per heavy atom. The van der Waals surface area contributed by atoms with Crippen LogP contribution < -0.4 is 0 Å². The van der Waals surface area contributed by atoms with Crippen LogP contribution in [0, 0.1) is 23.7 Å². The Bertz CT molecular complexity index is 369. The monoisotopic (exact) mass is 418 g/mol. The summed E-state index contributed by atoms with van der Waals surface area (Å²) in [4.78, 5) is 0. The first-order valence-corrected chi connectivity index (χ1v) is 14.2. The highest BCUT2D eigenvalue weighted by atomic mass is 14.2. The molecule has 0 N–H and O–H groups in total. The van der Waals surface area contributed by atoms with E-state index in [0.29, 0.717) is 0 Å². The minimum atomic E-state index is 0.783. The lowest BCUT2D eigenvalue weighted by Gasteiger charge is -2.18. The lowest BCUT2D eigenvalue weighted by molar-refractivity contribution is 0.351. The van der Waals surface area contributed by atoms with Crippen molar-refractivity contribution in [2.75, 3.05) is 0 Å². The average molecular weight is 419 g/mol. The van der Waals surface area contributed by atoms with Gasteiger partial charge >= 0.3 is 0 Å². The van der Waals surface area contributed by atoms with Crippen molar-refractivity contribution in [1.82, 2.24) is 0 Å². The molecule has 0 aromatic rings. The zero-order chi connectivity index (χ0) is 22.1. The molecule has 0 rings (SSSR count). The van der Waals surface area contributed by atoms with Gasteiger partial charge in [-0.2, -0.15) is 0 Å². The molecule has 30 heavy (non-hydrogen) atoms. The van der Waals surface area contributed by atoms with Crippen LogP contribution in [0.2, 0.25) is 0 Å². The summed E-state index contributed by atoms with van der Waals surface area (Å²) in [6.07, 6.45) is 30.8. The van der Waals surface area contributed by atoms with Crippen molar-refractivity contribution < 1.29 is 0 Å². The van der Waals surface area contributed by atoms with Crippen molar-refractivity contribution in [3.8, 4) is 11.8 Å². The fourth-order valence-corrected chi connectivity index (χ4v) is 4.38. The summed E-state index contributed by atoms with van der Waals surface area (Å²) in [7, 11) is 0. The van der Waals surface area contributed by atoms with Crippen LogP contribution in [-0.4, -0.2) is 0 Å². The molecule has 0 aliphatic rings. The van der Waals surface area contributed by atoms with E-state index in [-0.39, 0.29) is 0 Å². The van der Waals surface area contributed by atoms with Gasteiger partial charge in [0.1, 0.15) is 0 Å². The Balaban J connectivity index is 3.46. The second-order valence-corrected chi connectivity index (χ2v) is 10.1. The van der Waals surface area contributed by atoms with Crippen LogP contribution in [0.5, 0.6) is 0 Å². The summed E-state index contributed by atoms with van der Waals surface area (Å²) in [5.74, 6) is 8.53. The molecule has 0 aliphatic heterocycles. The summed E-state index contributed by atoms with van der Waals surface area (Å²) < 4.78 is 0. The van der Waals surface area contributed by atoms with Crippen LogP contribution >= 0.6 is 0 Å². The smallest absolute Gasteiger partial charge is 0.0119 e. The normalized spacial score (nSPS) is 12.2. The van der Waals surface area contributed by atoms with Gasteiger partial charge in [-0.15, -0.1) is 11.8 Å². The van der Waals surface area contributed by atoms with Crippen molar-refractivity contribution in [2.45, 2.75) is 169 Å². The maximum Gasteiger partial charge on any atom is 0.0119 e. The highest BCUT2D eigenvalue weighted by molar-refractivity contribution is 5.00. The van der Waals surface area contributed by atoms with E-state index in [0.717, 1.165) is 24.7 Å². The summed E-state index contributed by atoms with van der Waals surface area (Å²) >= 11 is 0. The third kappa shape index (κ3) is 22.2. The van der Waals surface area contributed by atoms with Gasteiger partial charge in [-0.3, -0.25) is 0 Å². The highest BCUT2D eigenvalue weighted by Gasteiger charge is 2.11. The standard InChI is InChI=1S/C30H58/c1-5-7-9-11-13-14-15-16-17-18-19-20-22-24-26-28-30(29(3)4)27-25-23-21-12-10-8-6-2/h29-30H,5-22,24,26-28H2,1-4H3. The van der Waals surface area contributed by atoms with Crippen LogP contribution in [0.1, 0.15) is 169 Å². The van der Waals surface area contributed by atoms with Crippen molar-refractivity contribution in [3.63, 3.8) is 0 Å². The van der Waals surface area contributed by atoms with Crippen LogP contribution in [0.25, 0.3) is 0 Å². The van der Waals surface area contributed by atoms with Gasteiger partial charge in [0.25, 0.3) is 0 Å². The molecule has 0 aromatic carbocycles. The fraction of sp³-hybridized carbons (Fsp3) is 0.933. The van der Waals surface area contributed by atoms with E-state index in [9.17, 15) is 0 Å². The predicted octanol–water partition coefficient (Wildman–Crippen LogP) is 10.9.